The molecule has 0 unspecified atom stereocenters. The van der Waals surface area contributed by atoms with Crippen molar-refractivity contribution in [3.8, 4) is 11.1 Å². The molecule has 176 valence electrons. The van der Waals surface area contributed by atoms with Crippen molar-refractivity contribution in [3.05, 3.63) is 63.2 Å². The molecule has 0 spiro atoms. The molecule has 5 rings (SSSR count). The number of nitrogens with zero attached hydrogens (tertiary/aromatic N) is 3. The van der Waals surface area contributed by atoms with Crippen LogP contribution in [0.2, 0.25) is 5.02 Å². The normalized spacial score (nSPS) is 15.0. The summed E-state index contributed by atoms with van der Waals surface area (Å²) in [5.74, 6) is 0.565. The van der Waals surface area contributed by atoms with Crippen LogP contribution < -0.4 is 5.32 Å². The van der Waals surface area contributed by atoms with E-state index in [1.165, 1.54) is 16.7 Å². The SMILES string of the molecule is Cc1sc2ncnc(Nc3cc(S(=O)(=O)N4CCOCC4)ccc3Cl)c2c1-c1ccc(Br)cc1. The zero-order chi connectivity index (χ0) is 23.9. The van der Waals surface area contributed by atoms with Crippen LogP contribution in [0.3, 0.4) is 0 Å². The second-order valence-electron chi connectivity index (χ2n) is 7.73. The highest BCUT2D eigenvalue weighted by atomic mass is 79.9. The van der Waals surface area contributed by atoms with Gasteiger partial charge in [-0.05, 0) is 42.8 Å². The summed E-state index contributed by atoms with van der Waals surface area (Å²) in [5, 5.41) is 4.53. The van der Waals surface area contributed by atoms with Gasteiger partial charge in [-0.3, -0.25) is 0 Å². The Morgan fingerprint density at radius 2 is 1.85 bits per heavy atom. The zero-order valence-corrected chi connectivity index (χ0v) is 22.1. The maximum absolute atomic E-state index is 13.2. The minimum Gasteiger partial charge on any atom is -0.379 e. The van der Waals surface area contributed by atoms with Gasteiger partial charge in [-0.25, -0.2) is 18.4 Å². The van der Waals surface area contributed by atoms with Crippen molar-refractivity contribution < 1.29 is 13.2 Å². The van der Waals surface area contributed by atoms with E-state index in [1.807, 2.05) is 24.3 Å². The van der Waals surface area contributed by atoms with Crippen molar-refractivity contribution in [2.24, 2.45) is 0 Å². The van der Waals surface area contributed by atoms with E-state index in [9.17, 15) is 8.42 Å². The fourth-order valence-electron chi connectivity index (χ4n) is 3.93. The van der Waals surface area contributed by atoms with Crippen LogP contribution in [0.25, 0.3) is 21.3 Å². The van der Waals surface area contributed by atoms with Gasteiger partial charge in [-0.1, -0.05) is 39.7 Å². The lowest BCUT2D eigenvalue weighted by Gasteiger charge is -2.26. The van der Waals surface area contributed by atoms with Crippen molar-refractivity contribution >= 4 is 70.6 Å². The van der Waals surface area contributed by atoms with E-state index in [2.05, 4.69) is 38.1 Å². The van der Waals surface area contributed by atoms with Crippen LogP contribution >= 0.6 is 38.9 Å². The molecule has 1 fully saturated rings. The number of thiophene rings is 1. The Labute approximate surface area is 214 Å². The number of aromatic nitrogens is 2. The minimum absolute atomic E-state index is 0.168. The van der Waals surface area contributed by atoms with Gasteiger partial charge in [0.15, 0.2) is 0 Å². The van der Waals surface area contributed by atoms with Crippen molar-refractivity contribution in [2.75, 3.05) is 31.6 Å². The second kappa shape index (κ2) is 9.52. The van der Waals surface area contributed by atoms with Crippen LogP contribution in [-0.4, -0.2) is 49.0 Å². The van der Waals surface area contributed by atoms with Crippen molar-refractivity contribution in [1.29, 1.82) is 0 Å². The number of hydrogen-bond donors (Lipinski definition) is 1. The van der Waals surface area contributed by atoms with Crippen LogP contribution in [0.4, 0.5) is 11.5 Å². The van der Waals surface area contributed by atoms with Crippen molar-refractivity contribution in [2.45, 2.75) is 11.8 Å². The van der Waals surface area contributed by atoms with Gasteiger partial charge in [-0.2, -0.15) is 4.31 Å². The second-order valence-corrected chi connectivity index (χ2v) is 12.2. The average molecular weight is 580 g/mol. The number of ether oxygens (including phenoxy) is 1. The first-order chi connectivity index (χ1) is 16.3. The molecule has 0 aliphatic carbocycles. The zero-order valence-electron chi connectivity index (χ0n) is 18.1. The largest absolute Gasteiger partial charge is 0.379 e. The van der Waals surface area contributed by atoms with Crippen LogP contribution in [-0.2, 0) is 14.8 Å². The van der Waals surface area contributed by atoms with E-state index >= 15 is 0 Å². The number of fused-ring (bicyclic) bond motifs is 1. The number of nitrogens with one attached hydrogen (secondary N) is 1. The third-order valence-corrected chi connectivity index (χ3v) is 9.36. The molecular weight excluding hydrogens is 560 g/mol. The summed E-state index contributed by atoms with van der Waals surface area (Å²) >= 11 is 11.5. The fourth-order valence-corrected chi connectivity index (χ4v) is 6.80. The van der Waals surface area contributed by atoms with Crippen molar-refractivity contribution in [3.63, 3.8) is 0 Å². The van der Waals surface area contributed by atoms with Gasteiger partial charge in [0.25, 0.3) is 0 Å². The third kappa shape index (κ3) is 4.46. The summed E-state index contributed by atoms with van der Waals surface area (Å²) in [4.78, 5) is 11.1. The first-order valence-corrected chi connectivity index (χ1v) is 13.9. The van der Waals surface area contributed by atoms with Crippen LogP contribution in [0.1, 0.15) is 4.88 Å². The Kier molecular flexibility index (Phi) is 6.62. The number of rotatable bonds is 5. The predicted octanol–water partition coefficient (Wildman–Crippen LogP) is 5.85. The number of sulfonamides is 1. The molecule has 2 aromatic heterocycles. The van der Waals surface area contributed by atoms with Gasteiger partial charge in [0, 0.05) is 28.0 Å². The average Bonchev–Trinajstić information content (AvgIpc) is 3.18. The Balaban J connectivity index is 1.57. The van der Waals surface area contributed by atoms with Crippen molar-refractivity contribution in [1.82, 2.24) is 14.3 Å². The summed E-state index contributed by atoms with van der Waals surface area (Å²) in [7, 11) is -3.67. The van der Waals surface area contributed by atoms with Gasteiger partial charge >= 0.3 is 0 Å². The van der Waals surface area contributed by atoms with Gasteiger partial charge in [0.05, 0.1) is 34.2 Å². The van der Waals surface area contributed by atoms with E-state index in [1.54, 1.807) is 23.5 Å². The smallest absolute Gasteiger partial charge is 0.243 e. The summed E-state index contributed by atoms with van der Waals surface area (Å²) in [6, 6.07) is 12.7. The minimum atomic E-state index is -3.67. The molecule has 0 radical (unpaired) electrons. The Bertz CT molecular complexity index is 1470. The van der Waals surface area contributed by atoms with Crippen LogP contribution in [0.5, 0.6) is 0 Å². The fraction of sp³-hybridized carbons (Fsp3) is 0.217. The standard InChI is InChI=1S/C23H20BrClN4O3S2/c1-14-20(15-2-4-16(24)5-3-15)21-22(26-13-27-23(21)33-14)28-19-12-17(6-7-18(19)25)34(30,31)29-8-10-32-11-9-29/h2-7,12-13H,8-11H2,1H3,(H,26,27,28). The first kappa shape index (κ1) is 23.7. The van der Waals surface area contributed by atoms with E-state index in [0.29, 0.717) is 42.8 Å². The highest BCUT2D eigenvalue weighted by Gasteiger charge is 2.27. The number of benzene rings is 2. The lowest BCUT2D eigenvalue weighted by molar-refractivity contribution is 0.0730. The molecule has 1 saturated heterocycles. The van der Waals surface area contributed by atoms with Gasteiger partial charge < -0.3 is 10.1 Å². The number of morpholine rings is 1. The molecule has 0 bridgehead atoms. The maximum Gasteiger partial charge on any atom is 0.243 e. The number of hydrogen-bond acceptors (Lipinski definition) is 7. The first-order valence-electron chi connectivity index (χ1n) is 10.5. The molecule has 1 N–H and O–H groups in total. The van der Waals surface area contributed by atoms with E-state index in [4.69, 9.17) is 16.3 Å². The van der Waals surface area contributed by atoms with Crippen LogP contribution in [0, 0.1) is 6.92 Å². The number of aryl methyl sites for hydroxylation is 1. The molecule has 11 heteroatoms. The topological polar surface area (TPSA) is 84.4 Å². The molecule has 1 aliphatic rings. The van der Waals surface area contributed by atoms with Gasteiger partial charge in [0.2, 0.25) is 10.0 Å². The molecule has 34 heavy (non-hydrogen) atoms. The monoisotopic (exact) mass is 578 g/mol. The predicted molar refractivity (Wildman–Crippen MR) is 140 cm³/mol. The quantitative estimate of drug-likeness (QED) is 0.319. The summed E-state index contributed by atoms with van der Waals surface area (Å²) in [6.45, 7) is 3.46. The lowest BCUT2D eigenvalue weighted by atomic mass is 10.0. The van der Waals surface area contributed by atoms with Crippen LogP contribution in [0.15, 0.2) is 58.2 Å². The molecule has 0 atom stereocenters. The van der Waals surface area contributed by atoms with Gasteiger partial charge in [0.1, 0.15) is 17.0 Å². The third-order valence-electron chi connectivity index (χ3n) is 5.60. The molecule has 4 aromatic rings. The highest BCUT2D eigenvalue weighted by molar-refractivity contribution is 9.10. The number of anilines is 2. The Hall–Kier alpha value is -2.08. The van der Waals surface area contributed by atoms with E-state index < -0.39 is 10.0 Å². The van der Waals surface area contributed by atoms with Gasteiger partial charge in [-0.15, -0.1) is 11.3 Å². The highest BCUT2D eigenvalue weighted by Crippen LogP contribution is 2.42. The lowest BCUT2D eigenvalue weighted by Crippen LogP contribution is -2.40. The Morgan fingerprint density at radius 3 is 2.59 bits per heavy atom. The van der Waals surface area contributed by atoms with E-state index in [-0.39, 0.29) is 4.90 Å². The molecule has 0 amide bonds. The summed E-state index contributed by atoms with van der Waals surface area (Å²) < 4.78 is 34.0. The molecule has 7 nitrogen and oxygen atoms in total. The molecule has 0 saturated carbocycles. The molecule has 2 aromatic carbocycles. The summed E-state index contributed by atoms with van der Waals surface area (Å²) in [6.07, 6.45) is 1.49. The summed E-state index contributed by atoms with van der Waals surface area (Å²) in [5.41, 5.74) is 2.53. The number of halogens is 2. The van der Waals surface area contributed by atoms with E-state index in [0.717, 1.165) is 30.7 Å². The maximum atomic E-state index is 13.2. The molecular formula is C23H20BrClN4O3S2. The Morgan fingerprint density at radius 1 is 1.12 bits per heavy atom. The molecule has 3 heterocycles. The molecule has 1 aliphatic heterocycles.